The highest BCUT2D eigenvalue weighted by Gasteiger charge is 2.32. The van der Waals surface area contributed by atoms with E-state index in [0.29, 0.717) is 45.8 Å². The summed E-state index contributed by atoms with van der Waals surface area (Å²) >= 11 is 12.1. The van der Waals surface area contributed by atoms with Crippen molar-refractivity contribution in [2.45, 2.75) is 32.9 Å². The lowest BCUT2D eigenvalue weighted by Crippen LogP contribution is -2.45. The first-order valence-electron chi connectivity index (χ1n) is 14.5. The number of rotatable bonds is 14. The van der Waals surface area contributed by atoms with Gasteiger partial charge in [-0.1, -0.05) is 41.4 Å². The van der Waals surface area contributed by atoms with Crippen LogP contribution in [0.1, 0.15) is 42.1 Å². The van der Waals surface area contributed by atoms with Crippen molar-refractivity contribution in [1.29, 1.82) is 0 Å². The monoisotopic (exact) mass is 680 g/mol. The number of halogens is 2. The van der Waals surface area contributed by atoms with Crippen LogP contribution < -0.4 is 30.3 Å². The van der Waals surface area contributed by atoms with E-state index in [-0.39, 0.29) is 24.5 Å². The number of ether oxygens (including phenoxy) is 4. The van der Waals surface area contributed by atoms with Crippen LogP contribution in [0.5, 0.6) is 17.2 Å². The van der Waals surface area contributed by atoms with Crippen molar-refractivity contribution in [3.63, 3.8) is 0 Å². The van der Waals surface area contributed by atoms with E-state index in [4.69, 9.17) is 42.1 Å². The molecule has 0 bridgehead atoms. The highest BCUT2D eigenvalue weighted by atomic mass is 35.5. The molecule has 4 rings (SSSR count). The topological polar surface area (TPSA) is 137 Å². The number of benzene rings is 3. The Morgan fingerprint density at radius 2 is 1.81 bits per heavy atom. The molecule has 13 heteroatoms. The Morgan fingerprint density at radius 3 is 2.53 bits per heavy atom. The van der Waals surface area contributed by atoms with Crippen LogP contribution in [0.3, 0.4) is 0 Å². The maximum atomic E-state index is 12.6. The molecule has 0 saturated carbocycles. The molecule has 1 aliphatic rings. The number of carbonyl (C=O) groups excluding carboxylic acids is 3. The van der Waals surface area contributed by atoms with Crippen LogP contribution in [0, 0.1) is 0 Å². The summed E-state index contributed by atoms with van der Waals surface area (Å²) in [6, 6.07) is 14.5. The fraction of sp³-hybridized carbons (Fsp3) is 0.235. The van der Waals surface area contributed by atoms with Gasteiger partial charge in [0.1, 0.15) is 12.4 Å². The van der Waals surface area contributed by atoms with Crippen molar-refractivity contribution in [1.82, 2.24) is 16.1 Å². The van der Waals surface area contributed by atoms with Crippen molar-refractivity contribution in [3.05, 3.63) is 111 Å². The fourth-order valence-corrected chi connectivity index (χ4v) is 5.01. The molecule has 3 aromatic carbocycles. The number of urea groups is 1. The molecule has 1 heterocycles. The zero-order valence-corrected chi connectivity index (χ0v) is 27.5. The number of nitrogens with zero attached hydrogens (tertiary/aromatic N) is 1. The van der Waals surface area contributed by atoms with Crippen molar-refractivity contribution < 1.29 is 33.3 Å². The van der Waals surface area contributed by atoms with Gasteiger partial charge in [-0.2, -0.15) is 5.10 Å². The Labute approximate surface area is 282 Å². The summed E-state index contributed by atoms with van der Waals surface area (Å²) in [4.78, 5) is 37.3. The normalized spacial score (nSPS) is 14.2. The first-order chi connectivity index (χ1) is 22.6. The highest BCUT2D eigenvalue weighted by molar-refractivity contribution is 6.42. The Kier molecular flexibility index (Phi) is 12.3. The van der Waals surface area contributed by atoms with Crippen LogP contribution in [-0.2, 0) is 27.4 Å². The Bertz CT molecular complexity index is 1720. The van der Waals surface area contributed by atoms with Crippen LogP contribution in [0.2, 0.25) is 10.0 Å². The number of hydrogen-bond acceptors (Lipinski definition) is 8. The van der Waals surface area contributed by atoms with Crippen LogP contribution in [0.15, 0.2) is 83.6 Å². The van der Waals surface area contributed by atoms with Crippen molar-refractivity contribution in [2.75, 3.05) is 20.3 Å². The van der Waals surface area contributed by atoms with Gasteiger partial charge in [-0.15, -0.1) is 6.58 Å². The molecule has 1 aliphatic heterocycles. The summed E-state index contributed by atoms with van der Waals surface area (Å²) in [5, 5.41) is 10.3. The quantitative estimate of drug-likeness (QED) is 0.0819. The second kappa shape index (κ2) is 16.5. The van der Waals surface area contributed by atoms with Gasteiger partial charge in [-0.05, 0) is 85.0 Å². The first kappa shape index (κ1) is 34.9. The Morgan fingerprint density at radius 1 is 1.02 bits per heavy atom. The van der Waals surface area contributed by atoms with Crippen molar-refractivity contribution >= 4 is 47.3 Å². The van der Waals surface area contributed by atoms with Crippen LogP contribution in [0.25, 0.3) is 0 Å². The van der Waals surface area contributed by atoms with E-state index in [1.54, 1.807) is 50.3 Å². The molecule has 47 heavy (non-hydrogen) atoms. The van der Waals surface area contributed by atoms with Gasteiger partial charge in [0.15, 0.2) is 18.1 Å². The van der Waals surface area contributed by atoms with Gasteiger partial charge in [-0.25, -0.2) is 15.0 Å². The first-order valence-corrected chi connectivity index (χ1v) is 15.3. The molecular weight excluding hydrogens is 647 g/mol. The maximum Gasteiger partial charge on any atom is 0.338 e. The van der Waals surface area contributed by atoms with E-state index in [9.17, 15) is 14.4 Å². The summed E-state index contributed by atoms with van der Waals surface area (Å²) in [6.07, 6.45) is 3.83. The molecule has 0 aromatic heterocycles. The molecule has 3 aromatic rings. The van der Waals surface area contributed by atoms with Gasteiger partial charge >= 0.3 is 12.0 Å². The van der Waals surface area contributed by atoms with E-state index >= 15 is 0 Å². The minimum Gasteiger partial charge on any atom is -0.493 e. The number of allylic oxidation sites excluding steroid dienone is 2. The van der Waals surface area contributed by atoms with Crippen LogP contribution >= 0.6 is 23.2 Å². The number of amides is 3. The van der Waals surface area contributed by atoms with Crippen LogP contribution in [0.4, 0.5) is 4.79 Å². The standard InChI is InChI=1S/C34H34Cl2N4O7/c1-5-7-23-14-21(9-12-27(23)46-18-22-8-11-25(35)26(36)15-22)17-37-40-30(41)19-47-28-13-10-24(16-29(28)44-4)32-31(33(42)45-6-2)20(3)38-34(43)39-32/h5,8-17,32H,1,6-7,18-19H2,2-4H3,(H,40,41)(H2,38,39,43)/b37-17-/t32-/m0/s1. The number of hydrogen-bond donors (Lipinski definition) is 3. The smallest absolute Gasteiger partial charge is 0.338 e. The number of nitrogens with one attached hydrogen (secondary N) is 3. The average molecular weight is 682 g/mol. The Hall–Kier alpha value is -5.00. The fourth-order valence-electron chi connectivity index (χ4n) is 4.69. The molecule has 0 radical (unpaired) electrons. The maximum absolute atomic E-state index is 12.6. The molecule has 11 nitrogen and oxygen atoms in total. The third-order valence-electron chi connectivity index (χ3n) is 6.87. The zero-order chi connectivity index (χ0) is 33.9. The zero-order valence-electron chi connectivity index (χ0n) is 26.0. The van der Waals surface area contributed by atoms with E-state index in [1.165, 1.54) is 13.3 Å². The number of methoxy groups -OCH3 is 1. The second-order valence-corrected chi connectivity index (χ2v) is 11.0. The van der Waals surface area contributed by atoms with Gasteiger partial charge in [0.05, 0.1) is 41.6 Å². The van der Waals surface area contributed by atoms with Crippen LogP contribution in [-0.4, -0.2) is 44.4 Å². The van der Waals surface area contributed by atoms with Crippen molar-refractivity contribution in [2.24, 2.45) is 5.10 Å². The molecule has 0 aliphatic carbocycles. The molecule has 0 spiro atoms. The lowest BCUT2D eigenvalue weighted by molar-refractivity contribution is -0.139. The molecule has 0 unspecified atom stereocenters. The van der Waals surface area contributed by atoms with E-state index in [2.05, 4.69) is 27.7 Å². The minimum absolute atomic E-state index is 0.179. The van der Waals surface area contributed by atoms with E-state index in [1.807, 2.05) is 24.3 Å². The third kappa shape index (κ3) is 9.27. The summed E-state index contributed by atoms with van der Waals surface area (Å²) < 4.78 is 22.3. The number of esters is 1. The lowest BCUT2D eigenvalue weighted by atomic mass is 9.95. The average Bonchev–Trinajstić information content (AvgIpc) is 3.04. The van der Waals surface area contributed by atoms with Crippen molar-refractivity contribution in [3.8, 4) is 17.2 Å². The van der Waals surface area contributed by atoms with Gasteiger partial charge in [0, 0.05) is 5.70 Å². The summed E-state index contributed by atoms with van der Waals surface area (Å²) in [5.74, 6) is 0.189. The Balaban J connectivity index is 1.36. The van der Waals surface area contributed by atoms with E-state index < -0.39 is 23.9 Å². The molecule has 0 saturated heterocycles. The number of carbonyl (C=O) groups is 3. The summed E-state index contributed by atoms with van der Waals surface area (Å²) in [7, 11) is 1.44. The van der Waals surface area contributed by atoms with Gasteiger partial charge < -0.3 is 29.6 Å². The predicted octanol–water partition coefficient (Wildman–Crippen LogP) is 6.03. The molecule has 1 atom stereocenters. The third-order valence-corrected chi connectivity index (χ3v) is 7.61. The summed E-state index contributed by atoms with van der Waals surface area (Å²) in [6.45, 7) is 7.27. The largest absolute Gasteiger partial charge is 0.493 e. The van der Waals surface area contributed by atoms with Gasteiger partial charge in [-0.3, -0.25) is 4.79 Å². The second-order valence-electron chi connectivity index (χ2n) is 10.2. The summed E-state index contributed by atoms with van der Waals surface area (Å²) in [5.41, 5.74) is 6.15. The predicted molar refractivity (Wildman–Crippen MR) is 179 cm³/mol. The molecule has 246 valence electrons. The SMILES string of the molecule is C=CCc1cc(/C=N\NC(=O)COc2ccc([C@@H]3NC(=O)NC(C)=C3C(=O)OCC)cc2OC)ccc1OCc1ccc(Cl)c(Cl)c1. The lowest BCUT2D eigenvalue weighted by Gasteiger charge is -2.28. The van der Waals surface area contributed by atoms with Gasteiger partial charge in [0.25, 0.3) is 5.91 Å². The molecule has 0 fully saturated rings. The van der Waals surface area contributed by atoms with E-state index in [0.717, 1.165) is 16.7 Å². The van der Waals surface area contributed by atoms with Gasteiger partial charge in [0.2, 0.25) is 0 Å². The minimum atomic E-state index is -0.779. The molecule has 3 amide bonds. The molecular formula is C34H34Cl2N4O7. The number of hydrazone groups is 1. The molecule has 3 N–H and O–H groups in total. The highest BCUT2D eigenvalue weighted by Crippen LogP contribution is 2.34.